The normalized spacial score (nSPS) is 10.8. The summed E-state index contributed by atoms with van der Waals surface area (Å²) in [5, 5.41) is 6.87. The molecule has 3 rings (SSSR count). The van der Waals surface area contributed by atoms with E-state index in [2.05, 4.69) is 20.1 Å². The van der Waals surface area contributed by atoms with Crippen LogP contribution in [0.15, 0.2) is 23.8 Å². The van der Waals surface area contributed by atoms with Gasteiger partial charge >= 0.3 is 0 Å². The molecule has 0 aliphatic heterocycles. The molecule has 0 fully saturated rings. The van der Waals surface area contributed by atoms with Gasteiger partial charge in [-0.1, -0.05) is 0 Å². The molecule has 96 valence electrons. The summed E-state index contributed by atoms with van der Waals surface area (Å²) < 4.78 is 1.72. The molecule has 0 aliphatic rings. The first kappa shape index (κ1) is 11.8. The third-order valence-electron chi connectivity index (χ3n) is 2.56. The van der Waals surface area contributed by atoms with Crippen LogP contribution in [0.4, 0.5) is 5.82 Å². The lowest BCUT2D eigenvalue weighted by atomic mass is 10.2. The third-order valence-corrected chi connectivity index (χ3v) is 3.51. The van der Waals surface area contributed by atoms with Gasteiger partial charge in [-0.05, 0) is 6.92 Å². The first-order chi connectivity index (χ1) is 9.11. The molecule has 0 amide bonds. The standard InChI is InChI=1S/C12H12N6S/c1-7-6-19-12(15-7)11-16-9(3-10(13)17-11)8-4-14-18(2)5-8/h3-6H,1-2H3,(H2,13,16,17). The monoisotopic (exact) mass is 272 g/mol. The van der Waals surface area contributed by atoms with Crippen molar-refractivity contribution in [2.24, 2.45) is 7.05 Å². The van der Waals surface area contributed by atoms with E-state index in [1.54, 1.807) is 16.9 Å². The number of aryl methyl sites for hydroxylation is 2. The average molecular weight is 272 g/mol. The molecule has 3 aromatic heterocycles. The molecule has 3 heterocycles. The lowest BCUT2D eigenvalue weighted by molar-refractivity contribution is 0.768. The van der Waals surface area contributed by atoms with Crippen LogP contribution in [0.2, 0.25) is 0 Å². The van der Waals surface area contributed by atoms with E-state index in [0.29, 0.717) is 11.6 Å². The second kappa shape index (κ2) is 4.43. The zero-order chi connectivity index (χ0) is 13.4. The smallest absolute Gasteiger partial charge is 0.191 e. The number of nitrogen functional groups attached to an aromatic ring is 1. The van der Waals surface area contributed by atoms with Crippen LogP contribution in [0.25, 0.3) is 22.1 Å². The Labute approximate surface area is 114 Å². The van der Waals surface area contributed by atoms with Gasteiger partial charge in [0, 0.05) is 35.9 Å². The summed E-state index contributed by atoms with van der Waals surface area (Å²) in [6, 6.07) is 1.74. The molecule has 0 aliphatic carbocycles. The van der Waals surface area contributed by atoms with E-state index in [4.69, 9.17) is 5.73 Å². The topological polar surface area (TPSA) is 82.5 Å². The van der Waals surface area contributed by atoms with Gasteiger partial charge in [0.05, 0.1) is 11.9 Å². The van der Waals surface area contributed by atoms with Crippen molar-refractivity contribution in [3.05, 3.63) is 29.5 Å². The lowest BCUT2D eigenvalue weighted by Gasteiger charge is -2.01. The predicted octanol–water partition coefficient (Wildman–Crippen LogP) is 1.89. The maximum atomic E-state index is 5.85. The number of anilines is 1. The summed E-state index contributed by atoms with van der Waals surface area (Å²) in [5.74, 6) is 0.980. The first-order valence-electron chi connectivity index (χ1n) is 5.68. The zero-order valence-corrected chi connectivity index (χ0v) is 11.3. The molecule has 2 N–H and O–H groups in total. The predicted molar refractivity (Wildman–Crippen MR) is 74.5 cm³/mol. The number of hydrogen-bond acceptors (Lipinski definition) is 6. The van der Waals surface area contributed by atoms with Crippen LogP contribution in [-0.4, -0.2) is 24.7 Å². The first-order valence-corrected chi connectivity index (χ1v) is 6.56. The molecular weight excluding hydrogens is 260 g/mol. The van der Waals surface area contributed by atoms with Crippen LogP contribution in [0.3, 0.4) is 0 Å². The molecule has 0 saturated heterocycles. The Kier molecular flexibility index (Phi) is 2.75. The van der Waals surface area contributed by atoms with Crippen molar-refractivity contribution in [1.82, 2.24) is 24.7 Å². The number of aromatic nitrogens is 5. The van der Waals surface area contributed by atoms with E-state index >= 15 is 0 Å². The molecular formula is C12H12N6S. The van der Waals surface area contributed by atoms with Crippen LogP contribution in [0, 0.1) is 6.92 Å². The highest BCUT2D eigenvalue weighted by molar-refractivity contribution is 7.13. The summed E-state index contributed by atoms with van der Waals surface area (Å²) in [6.07, 6.45) is 3.64. The summed E-state index contributed by atoms with van der Waals surface area (Å²) in [4.78, 5) is 13.1. The van der Waals surface area contributed by atoms with Gasteiger partial charge in [-0.2, -0.15) is 5.10 Å². The fourth-order valence-corrected chi connectivity index (χ4v) is 2.45. The van der Waals surface area contributed by atoms with Gasteiger partial charge < -0.3 is 5.73 Å². The average Bonchev–Trinajstić information content (AvgIpc) is 2.97. The van der Waals surface area contributed by atoms with Crippen LogP contribution in [0.1, 0.15) is 5.69 Å². The molecule has 0 aromatic carbocycles. The van der Waals surface area contributed by atoms with Crippen LogP contribution in [-0.2, 0) is 7.05 Å². The number of nitrogens with two attached hydrogens (primary N) is 1. The minimum Gasteiger partial charge on any atom is -0.384 e. The molecule has 0 saturated carbocycles. The Bertz CT molecular complexity index is 671. The van der Waals surface area contributed by atoms with Gasteiger partial charge in [-0.3, -0.25) is 4.68 Å². The van der Waals surface area contributed by atoms with Crippen molar-refractivity contribution in [3.8, 4) is 22.1 Å². The Morgan fingerprint density at radius 1 is 1.26 bits per heavy atom. The van der Waals surface area contributed by atoms with E-state index in [0.717, 1.165) is 22.0 Å². The maximum absolute atomic E-state index is 5.85. The fraction of sp³-hybridized carbons (Fsp3) is 0.167. The van der Waals surface area contributed by atoms with Crippen LogP contribution >= 0.6 is 11.3 Å². The highest BCUT2D eigenvalue weighted by atomic mass is 32.1. The molecule has 19 heavy (non-hydrogen) atoms. The Balaban J connectivity index is 2.10. The van der Waals surface area contributed by atoms with Gasteiger partial charge in [-0.25, -0.2) is 15.0 Å². The summed E-state index contributed by atoms with van der Waals surface area (Å²) in [5.41, 5.74) is 8.46. The number of hydrogen-bond donors (Lipinski definition) is 1. The van der Waals surface area contributed by atoms with Gasteiger partial charge in [0.25, 0.3) is 0 Å². The van der Waals surface area contributed by atoms with E-state index in [-0.39, 0.29) is 0 Å². The van der Waals surface area contributed by atoms with E-state index in [9.17, 15) is 0 Å². The minimum atomic E-state index is 0.428. The molecule has 0 radical (unpaired) electrons. The van der Waals surface area contributed by atoms with Crippen LogP contribution in [0.5, 0.6) is 0 Å². The second-order valence-corrected chi connectivity index (χ2v) is 5.06. The maximum Gasteiger partial charge on any atom is 0.191 e. The van der Waals surface area contributed by atoms with E-state index in [1.807, 2.05) is 25.5 Å². The molecule has 7 heteroatoms. The second-order valence-electron chi connectivity index (χ2n) is 4.20. The van der Waals surface area contributed by atoms with E-state index in [1.165, 1.54) is 11.3 Å². The molecule has 3 aromatic rings. The molecule has 0 spiro atoms. The van der Waals surface area contributed by atoms with Gasteiger partial charge in [0.15, 0.2) is 10.8 Å². The number of rotatable bonds is 2. The van der Waals surface area contributed by atoms with Gasteiger partial charge in [0.1, 0.15) is 5.82 Å². The Hall–Kier alpha value is -2.28. The lowest BCUT2D eigenvalue weighted by Crippen LogP contribution is -1.97. The largest absolute Gasteiger partial charge is 0.384 e. The SMILES string of the molecule is Cc1csc(-c2nc(N)cc(-c3cnn(C)c3)n2)n1. The van der Waals surface area contributed by atoms with E-state index < -0.39 is 0 Å². The van der Waals surface area contributed by atoms with Crippen molar-refractivity contribution < 1.29 is 0 Å². The quantitative estimate of drug-likeness (QED) is 0.770. The fourth-order valence-electron chi connectivity index (χ4n) is 1.72. The zero-order valence-electron chi connectivity index (χ0n) is 10.5. The van der Waals surface area contributed by atoms with Crippen molar-refractivity contribution in [1.29, 1.82) is 0 Å². The van der Waals surface area contributed by atoms with Crippen molar-refractivity contribution >= 4 is 17.2 Å². The molecule has 0 bridgehead atoms. The van der Waals surface area contributed by atoms with Crippen molar-refractivity contribution in [2.75, 3.05) is 5.73 Å². The minimum absolute atomic E-state index is 0.428. The summed E-state index contributed by atoms with van der Waals surface area (Å²) >= 11 is 1.51. The van der Waals surface area contributed by atoms with Gasteiger partial charge in [0.2, 0.25) is 0 Å². The highest BCUT2D eigenvalue weighted by Gasteiger charge is 2.11. The Morgan fingerprint density at radius 3 is 2.74 bits per heavy atom. The molecule has 0 unspecified atom stereocenters. The van der Waals surface area contributed by atoms with Crippen LogP contribution < -0.4 is 5.73 Å². The molecule has 6 nitrogen and oxygen atoms in total. The highest BCUT2D eigenvalue weighted by Crippen LogP contribution is 2.25. The summed E-state index contributed by atoms with van der Waals surface area (Å²) in [7, 11) is 1.86. The molecule has 0 atom stereocenters. The van der Waals surface area contributed by atoms with Crippen molar-refractivity contribution in [3.63, 3.8) is 0 Å². The van der Waals surface area contributed by atoms with Crippen molar-refractivity contribution in [2.45, 2.75) is 6.92 Å². The number of thiazole rings is 1. The summed E-state index contributed by atoms with van der Waals surface area (Å²) in [6.45, 7) is 1.94. The van der Waals surface area contributed by atoms with Gasteiger partial charge in [-0.15, -0.1) is 11.3 Å². The Morgan fingerprint density at radius 2 is 2.11 bits per heavy atom. The number of nitrogens with zero attached hydrogens (tertiary/aromatic N) is 5. The third kappa shape index (κ3) is 2.32.